The van der Waals surface area contributed by atoms with Crippen molar-refractivity contribution in [2.24, 2.45) is 0 Å². The molecule has 3 nitrogen and oxygen atoms in total. The highest BCUT2D eigenvalue weighted by atomic mass is 16.6. The number of rotatable bonds is 4. The van der Waals surface area contributed by atoms with Crippen LogP contribution in [0.1, 0.15) is 57.3 Å². The van der Waals surface area contributed by atoms with Gasteiger partial charge in [0.25, 0.3) is 0 Å². The van der Waals surface area contributed by atoms with Crippen LogP contribution in [0.3, 0.4) is 0 Å². The van der Waals surface area contributed by atoms with E-state index in [2.05, 4.69) is 235 Å². The van der Waals surface area contributed by atoms with Gasteiger partial charge >= 0.3 is 0 Å². The molecule has 1 heterocycles. The lowest BCUT2D eigenvalue weighted by atomic mass is 9.68. The lowest BCUT2D eigenvalue weighted by Crippen LogP contribution is -2.28. The molecule has 5 aliphatic carbocycles. The molecule has 332 valence electrons. The van der Waals surface area contributed by atoms with Gasteiger partial charge in [-0.05, 0) is 138 Å². The summed E-state index contributed by atoms with van der Waals surface area (Å²) in [6.45, 7) is 0. The van der Waals surface area contributed by atoms with Crippen molar-refractivity contribution >= 4 is 22.6 Å². The smallest absolute Gasteiger partial charge is 0.194 e. The summed E-state index contributed by atoms with van der Waals surface area (Å²) in [6.07, 6.45) is 6.76. The summed E-state index contributed by atoms with van der Waals surface area (Å²) in [7, 11) is 0. The average Bonchev–Trinajstić information content (AvgIpc) is 4.13. The van der Waals surface area contributed by atoms with E-state index in [9.17, 15) is 0 Å². The summed E-state index contributed by atoms with van der Waals surface area (Å²) in [5, 5.41) is 0. The molecular weight excluding hydrogens is 863 g/mol. The highest BCUT2D eigenvalue weighted by molar-refractivity contribution is 6.01. The van der Waals surface area contributed by atoms with Crippen molar-refractivity contribution in [2.45, 2.75) is 23.7 Å². The summed E-state index contributed by atoms with van der Waals surface area (Å²) < 4.78 is 14.7. The first-order chi connectivity index (χ1) is 35.2. The monoisotopic (exact) mass is 905 g/mol. The second-order valence-electron chi connectivity index (χ2n) is 19.6. The Balaban J connectivity index is 0.938. The topological polar surface area (TPSA) is 21.7 Å². The first-order valence-electron chi connectivity index (χ1n) is 24.9. The molecule has 2 spiro atoms. The summed E-state index contributed by atoms with van der Waals surface area (Å²) in [4.78, 5) is 2.42. The minimum absolute atomic E-state index is 0.431. The molecule has 0 saturated heterocycles. The van der Waals surface area contributed by atoms with Crippen molar-refractivity contribution in [3.63, 3.8) is 0 Å². The Morgan fingerprint density at radius 1 is 0.366 bits per heavy atom. The highest BCUT2D eigenvalue weighted by Gasteiger charge is 2.54. The Hall–Kier alpha value is -8.92. The maximum atomic E-state index is 7.63. The minimum Gasteiger partial charge on any atom is -0.449 e. The van der Waals surface area contributed by atoms with Crippen molar-refractivity contribution in [2.75, 3.05) is 4.90 Å². The third-order valence-electron chi connectivity index (χ3n) is 16.5. The summed E-state index contributed by atoms with van der Waals surface area (Å²) in [6, 6.07) is 82.5. The molecule has 0 bridgehead atoms. The van der Waals surface area contributed by atoms with Crippen LogP contribution in [0.15, 0.2) is 242 Å². The fourth-order valence-corrected chi connectivity index (χ4v) is 13.9. The molecule has 0 saturated carbocycles. The van der Waals surface area contributed by atoms with Gasteiger partial charge in [0.15, 0.2) is 23.0 Å². The van der Waals surface area contributed by atoms with Crippen LogP contribution in [-0.4, -0.2) is 0 Å². The number of anilines is 3. The van der Waals surface area contributed by atoms with Crippen LogP contribution in [0.5, 0.6) is 23.0 Å². The number of nitrogens with zero attached hydrogens (tertiary/aromatic N) is 1. The molecule has 16 rings (SSSR count). The zero-order chi connectivity index (χ0) is 46.4. The molecule has 71 heavy (non-hydrogen) atoms. The molecule has 0 radical (unpaired) electrons. The highest BCUT2D eigenvalue weighted by Crippen LogP contribution is 2.68. The van der Waals surface area contributed by atoms with Gasteiger partial charge in [0, 0.05) is 16.8 Å². The van der Waals surface area contributed by atoms with E-state index < -0.39 is 10.8 Å². The van der Waals surface area contributed by atoms with E-state index in [4.69, 9.17) is 9.47 Å². The first kappa shape index (κ1) is 39.0. The Morgan fingerprint density at radius 3 is 1.63 bits per heavy atom. The normalized spacial score (nSPS) is 16.9. The van der Waals surface area contributed by atoms with Crippen molar-refractivity contribution < 1.29 is 9.47 Å². The molecule has 10 aromatic rings. The van der Waals surface area contributed by atoms with E-state index in [0.717, 1.165) is 57.9 Å². The molecule has 1 unspecified atom stereocenters. The molecule has 1 aliphatic heterocycles. The molecule has 3 heteroatoms. The van der Waals surface area contributed by atoms with E-state index in [1.54, 1.807) is 0 Å². The molecule has 0 fully saturated rings. The zero-order valence-corrected chi connectivity index (χ0v) is 38.7. The maximum Gasteiger partial charge on any atom is 0.194 e. The quantitative estimate of drug-likeness (QED) is 0.176. The third kappa shape index (κ3) is 4.92. The number of para-hydroxylation sites is 2. The van der Waals surface area contributed by atoms with Crippen molar-refractivity contribution in [3.8, 4) is 67.5 Å². The minimum atomic E-state index is -0.516. The second-order valence-corrected chi connectivity index (χ2v) is 19.6. The van der Waals surface area contributed by atoms with E-state index in [-0.39, 0.29) is 0 Å². The number of hydrogen-bond acceptors (Lipinski definition) is 3. The Morgan fingerprint density at radius 2 is 0.915 bits per heavy atom. The van der Waals surface area contributed by atoms with Gasteiger partial charge in [-0.3, -0.25) is 0 Å². The number of ether oxygens (including phenoxy) is 2. The van der Waals surface area contributed by atoms with Gasteiger partial charge in [-0.15, -0.1) is 0 Å². The fraction of sp³-hybridized carbons (Fsp3) is 0.0588. The summed E-state index contributed by atoms with van der Waals surface area (Å²) >= 11 is 0. The largest absolute Gasteiger partial charge is 0.449 e. The molecule has 1 atom stereocenters. The van der Waals surface area contributed by atoms with Crippen LogP contribution in [0.25, 0.3) is 50.1 Å². The van der Waals surface area contributed by atoms with Gasteiger partial charge in [-0.25, -0.2) is 0 Å². The van der Waals surface area contributed by atoms with Crippen LogP contribution in [0.4, 0.5) is 17.1 Å². The number of benzene rings is 10. The predicted molar refractivity (Wildman–Crippen MR) is 287 cm³/mol. The Kier molecular flexibility index (Phi) is 7.86. The van der Waals surface area contributed by atoms with E-state index in [0.29, 0.717) is 17.2 Å². The zero-order valence-electron chi connectivity index (χ0n) is 38.7. The second kappa shape index (κ2) is 14.3. The van der Waals surface area contributed by atoms with Crippen molar-refractivity contribution in [1.29, 1.82) is 0 Å². The third-order valence-corrected chi connectivity index (χ3v) is 16.5. The fourth-order valence-electron chi connectivity index (χ4n) is 13.9. The van der Waals surface area contributed by atoms with Gasteiger partial charge in [0.2, 0.25) is 0 Å². The van der Waals surface area contributed by atoms with Gasteiger partial charge < -0.3 is 14.4 Å². The number of hydrogen-bond donors (Lipinski definition) is 0. The molecule has 0 amide bonds. The molecule has 6 aliphatic rings. The standard InChI is InChI=1S/C68H43NO2/c1-2-19-42(20-3-1)44-21-10-17-34-60(44)69(43-37-38-50-49-26-8-15-32-56(49)68(59(50)41-43)54-30-13-6-24-47(54)48-25-7-14-31-55(48)68)61-35-18-36-62-65(61)71-66-63(70-62)40-39-58-64(66)51-27-9-16-33-57(51)67(58)52-28-11-4-22-45(52)46-23-5-12-29-53(46)67/h1-13,15-30,32-41H,14,31H2. The molecule has 0 N–H and O–H groups in total. The molecular formula is C68H43NO2. The SMILES string of the molecule is C1=CC2=C(CC1)C1(c3ccccc32)c2ccccc2-c2ccc(N(c3ccccc3-c3ccccc3)c3cccc4c3Oc3c(ccc5c3-c3ccccc3C53c5ccccc5-c5ccccc53)O4)cc21. The lowest BCUT2D eigenvalue weighted by molar-refractivity contribution is 0.361. The molecule has 10 aromatic carbocycles. The Bertz CT molecular complexity index is 3980. The van der Waals surface area contributed by atoms with Crippen LogP contribution < -0.4 is 14.4 Å². The predicted octanol–water partition coefficient (Wildman–Crippen LogP) is 17.5. The van der Waals surface area contributed by atoms with Crippen LogP contribution in [0, 0.1) is 0 Å². The number of allylic oxidation sites excluding steroid dienone is 4. The van der Waals surface area contributed by atoms with Crippen molar-refractivity contribution in [1.82, 2.24) is 0 Å². The summed E-state index contributed by atoms with van der Waals surface area (Å²) in [5.74, 6) is 2.79. The van der Waals surface area contributed by atoms with Crippen LogP contribution in [0.2, 0.25) is 0 Å². The Labute approximate surface area is 412 Å². The summed E-state index contributed by atoms with van der Waals surface area (Å²) in [5.41, 5.74) is 24.9. The van der Waals surface area contributed by atoms with Crippen LogP contribution >= 0.6 is 0 Å². The van der Waals surface area contributed by atoms with Gasteiger partial charge in [-0.1, -0.05) is 200 Å². The van der Waals surface area contributed by atoms with Gasteiger partial charge in [-0.2, -0.15) is 0 Å². The number of fused-ring (bicyclic) bond motifs is 22. The van der Waals surface area contributed by atoms with E-state index >= 15 is 0 Å². The van der Waals surface area contributed by atoms with Crippen molar-refractivity contribution in [3.05, 3.63) is 287 Å². The van der Waals surface area contributed by atoms with E-state index in [1.807, 2.05) is 6.07 Å². The molecule has 0 aromatic heterocycles. The first-order valence-corrected chi connectivity index (χ1v) is 24.9. The van der Waals surface area contributed by atoms with Gasteiger partial charge in [0.1, 0.15) is 0 Å². The van der Waals surface area contributed by atoms with E-state index in [1.165, 1.54) is 77.9 Å². The average molecular weight is 906 g/mol. The van der Waals surface area contributed by atoms with Gasteiger partial charge in [0.05, 0.1) is 22.2 Å². The lowest BCUT2D eigenvalue weighted by Gasteiger charge is -2.35. The maximum absolute atomic E-state index is 7.63. The van der Waals surface area contributed by atoms with Crippen LogP contribution in [-0.2, 0) is 10.8 Å².